The lowest BCUT2D eigenvalue weighted by Gasteiger charge is -2.16. The van der Waals surface area contributed by atoms with Crippen molar-refractivity contribution in [2.75, 3.05) is 6.54 Å². The normalized spacial score (nSPS) is 30.4. The van der Waals surface area contributed by atoms with E-state index in [1.54, 1.807) is 0 Å². The Kier molecular flexibility index (Phi) is 1.68. The molecule has 0 unspecified atom stereocenters. The summed E-state index contributed by atoms with van der Waals surface area (Å²) in [4.78, 5) is 10.7. The summed E-state index contributed by atoms with van der Waals surface area (Å²) in [5.74, 6) is -0.145. The molecule has 3 nitrogen and oxygen atoms in total. The van der Waals surface area contributed by atoms with Gasteiger partial charge in [-0.15, -0.1) is 0 Å². The second kappa shape index (κ2) is 2.23. The first kappa shape index (κ1) is 7.54. The lowest BCUT2D eigenvalue weighted by molar-refractivity contribution is -0.121. The first-order valence-corrected chi connectivity index (χ1v) is 3.56. The van der Waals surface area contributed by atoms with Crippen LogP contribution in [0.5, 0.6) is 0 Å². The van der Waals surface area contributed by atoms with Crippen LogP contribution >= 0.6 is 0 Å². The van der Waals surface area contributed by atoms with Crippen LogP contribution < -0.4 is 11.1 Å². The summed E-state index contributed by atoms with van der Waals surface area (Å²) in [6.07, 6.45) is 0.863. The van der Waals surface area contributed by atoms with Crippen molar-refractivity contribution >= 4 is 5.91 Å². The van der Waals surface area contributed by atoms with E-state index >= 15 is 0 Å². The first-order valence-electron chi connectivity index (χ1n) is 3.56. The van der Waals surface area contributed by atoms with E-state index in [1.807, 2.05) is 0 Å². The third-order valence-electron chi connectivity index (χ3n) is 1.99. The van der Waals surface area contributed by atoms with E-state index in [9.17, 15) is 4.79 Å². The number of carbonyl (C=O) groups excluding carboxylic acids is 1. The Hall–Kier alpha value is -0.570. The van der Waals surface area contributed by atoms with Crippen LogP contribution in [0, 0.1) is 5.92 Å². The van der Waals surface area contributed by atoms with E-state index in [0.717, 1.165) is 13.0 Å². The van der Waals surface area contributed by atoms with Gasteiger partial charge in [-0.2, -0.15) is 0 Å². The minimum Gasteiger partial charge on any atom is -0.369 e. The summed E-state index contributed by atoms with van der Waals surface area (Å²) in [7, 11) is 0. The maximum atomic E-state index is 10.7. The zero-order chi connectivity index (χ0) is 7.78. The Morgan fingerprint density at radius 1 is 1.70 bits per heavy atom. The minimum atomic E-state index is -0.182. The Morgan fingerprint density at radius 2 is 2.30 bits per heavy atom. The molecule has 0 radical (unpaired) electrons. The van der Waals surface area contributed by atoms with Crippen LogP contribution in [-0.4, -0.2) is 18.0 Å². The molecule has 1 heterocycles. The van der Waals surface area contributed by atoms with Crippen LogP contribution in [0.4, 0.5) is 0 Å². The van der Waals surface area contributed by atoms with E-state index < -0.39 is 0 Å². The Labute approximate surface area is 61.0 Å². The molecular weight excluding hydrogens is 128 g/mol. The second-order valence-electron chi connectivity index (χ2n) is 3.57. The fourth-order valence-corrected chi connectivity index (χ4v) is 1.36. The fourth-order valence-electron chi connectivity index (χ4n) is 1.36. The van der Waals surface area contributed by atoms with Gasteiger partial charge < -0.3 is 11.1 Å². The molecule has 1 amide bonds. The summed E-state index contributed by atoms with van der Waals surface area (Å²) < 4.78 is 0. The molecule has 0 aromatic carbocycles. The maximum Gasteiger partial charge on any atom is 0.221 e. The van der Waals surface area contributed by atoms with Crippen LogP contribution in [0.2, 0.25) is 0 Å². The first-order chi connectivity index (χ1) is 4.51. The topological polar surface area (TPSA) is 55.1 Å². The summed E-state index contributed by atoms with van der Waals surface area (Å²) in [6, 6.07) is 0. The molecule has 58 valence electrons. The molecule has 1 atom stereocenters. The molecule has 1 aliphatic rings. The molecule has 10 heavy (non-hydrogen) atoms. The van der Waals surface area contributed by atoms with E-state index in [-0.39, 0.29) is 17.4 Å². The minimum absolute atomic E-state index is 0.0370. The van der Waals surface area contributed by atoms with Crippen LogP contribution in [-0.2, 0) is 4.79 Å². The van der Waals surface area contributed by atoms with Gasteiger partial charge in [0.15, 0.2) is 0 Å². The van der Waals surface area contributed by atoms with Gasteiger partial charge in [-0.25, -0.2) is 0 Å². The third kappa shape index (κ3) is 1.48. The summed E-state index contributed by atoms with van der Waals surface area (Å²) in [5.41, 5.74) is 5.24. The second-order valence-corrected chi connectivity index (χ2v) is 3.57. The van der Waals surface area contributed by atoms with Gasteiger partial charge in [0.25, 0.3) is 0 Å². The van der Waals surface area contributed by atoms with Crippen LogP contribution in [0.15, 0.2) is 0 Å². The van der Waals surface area contributed by atoms with Crippen molar-refractivity contribution in [3.8, 4) is 0 Å². The van der Waals surface area contributed by atoms with Gasteiger partial charge in [0, 0.05) is 12.1 Å². The van der Waals surface area contributed by atoms with Crippen molar-refractivity contribution in [1.82, 2.24) is 5.32 Å². The number of rotatable bonds is 1. The molecule has 3 heteroatoms. The number of carbonyl (C=O) groups is 1. The third-order valence-corrected chi connectivity index (χ3v) is 1.99. The SMILES string of the molecule is CC1(C)C[C@H](C(N)=O)CN1. The molecule has 0 bridgehead atoms. The summed E-state index contributed by atoms with van der Waals surface area (Å²) in [5, 5.41) is 3.23. The molecule has 1 saturated heterocycles. The predicted molar refractivity (Wildman–Crippen MR) is 39.4 cm³/mol. The predicted octanol–water partition coefficient (Wildman–Crippen LogP) is -0.140. The average molecular weight is 142 g/mol. The molecule has 1 rings (SSSR count). The van der Waals surface area contributed by atoms with Gasteiger partial charge in [-0.05, 0) is 20.3 Å². The van der Waals surface area contributed by atoms with E-state index in [0.29, 0.717) is 0 Å². The molecule has 1 fully saturated rings. The van der Waals surface area contributed by atoms with Gasteiger partial charge in [0.05, 0.1) is 5.92 Å². The van der Waals surface area contributed by atoms with E-state index in [4.69, 9.17) is 5.73 Å². The Morgan fingerprint density at radius 3 is 2.50 bits per heavy atom. The van der Waals surface area contributed by atoms with Crippen molar-refractivity contribution < 1.29 is 4.79 Å². The van der Waals surface area contributed by atoms with Crippen molar-refractivity contribution in [1.29, 1.82) is 0 Å². The summed E-state index contributed by atoms with van der Waals surface area (Å²) >= 11 is 0. The van der Waals surface area contributed by atoms with Crippen LogP contribution in [0.1, 0.15) is 20.3 Å². The molecule has 0 spiro atoms. The van der Waals surface area contributed by atoms with Crippen LogP contribution in [0.25, 0.3) is 0 Å². The number of amides is 1. The van der Waals surface area contributed by atoms with Crippen molar-refractivity contribution in [3.05, 3.63) is 0 Å². The molecule has 3 N–H and O–H groups in total. The smallest absolute Gasteiger partial charge is 0.221 e. The van der Waals surface area contributed by atoms with Gasteiger partial charge in [0.2, 0.25) is 5.91 Å². The monoisotopic (exact) mass is 142 g/mol. The number of nitrogens with one attached hydrogen (secondary N) is 1. The fraction of sp³-hybridized carbons (Fsp3) is 0.857. The molecule has 0 aromatic heterocycles. The number of hydrogen-bond acceptors (Lipinski definition) is 2. The Bertz CT molecular complexity index is 154. The zero-order valence-corrected chi connectivity index (χ0v) is 6.48. The van der Waals surface area contributed by atoms with Gasteiger partial charge >= 0.3 is 0 Å². The van der Waals surface area contributed by atoms with Crippen molar-refractivity contribution in [3.63, 3.8) is 0 Å². The highest BCUT2D eigenvalue weighted by Gasteiger charge is 2.32. The number of nitrogens with two attached hydrogens (primary N) is 1. The van der Waals surface area contributed by atoms with Gasteiger partial charge in [0.1, 0.15) is 0 Å². The summed E-state index contributed by atoms with van der Waals surface area (Å²) in [6.45, 7) is 4.90. The highest BCUT2D eigenvalue weighted by Crippen LogP contribution is 2.22. The average Bonchev–Trinajstić information content (AvgIpc) is 2.10. The largest absolute Gasteiger partial charge is 0.369 e. The standard InChI is InChI=1S/C7H14N2O/c1-7(2)3-5(4-9-7)6(8)10/h5,9H,3-4H2,1-2H3,(H2,8,10)/t5-/m0/s1. The highest BCUT2D eigenvalue weighted by atomic mass is 16.1. The maximum absolute atomic E-state index is 10.7. The highest BCUT2D eigenvalue weighted by molar-refractivity contribution is 5.77. The quantitative estimate of drug-likeness (QED) is 0.535. The van der Waals surface area contributed by atoms with Crippen LogP contribution in [0.3, 0.4) is 0 Å². The lowest BCUT2D eigenvalue weighted by atomic mass is 9.97. The lowest BCUT2D eigenvalue weighted by Crippen LogP contribution is -2.31. The Balaban J connectivity index is 2.51. The van der Waals surface area contributed by atoms with Crippen molar-refractivity contribution in [2.45, 2.75) is 25.8 Å². The molecule has 0 saturated carbocycles. The van der Waals surface area contributed by atoms with Gasteiger partial charge in [-0.3, -0.25) is 4.79 Å². The van der Waals surface area contributed by atoms with E-state index in [2.05, 4.69) is 19.2 Å². The number of hydrogen-bond donors (Lipinski definition) is 2. The molecular formula is C7H14N2O. The molecule has 0 aromatic rings. The van der Waals surface area contributed by atoms with Crippen molar-refractivity contribution in [2.24, 2.45) is 11.7 Å². The molecule has 1 aliphatic heterocycles. The molecule has 0 aliphatic carbocycles. The van der Waals surface area contributed by atoms with Gasteiger partial charge in [-0.1, -0.05) is 0 Å². The number of primary amides is 1. The zero-order valence-electron chi connectivity index (χ0n) is 6.48. The van der Waals surface area contributed by atoms with E-state index in [1.165, 1.54) is 0 Å².